The van der Waals surface area contributed by atoms with Gasteiger partial charge in [-0.05, 0) is 43.9 Å². The third kappa shape index (κ3) is 4.62. The molecule has 2 bridgehead atoms. The van der Waals surface area contributed by atoms with E-state index < -0.39 is 11.9 Å². The summed E-state index contributed by atoms with van der Waals surface area (Å²) in [7, 11) is 1.45. The molecule has 0 spiro atoms. The fourth-order valence-electron chi connectivity index (χ4n) is 6.15. The van der Waals surface area contributed by atoms with E-state index in [0.29, 0.717) is 51.0 Å². The van der Waals surface area contributed by atoms with Crippen molar-refractivity contribution in [3.63, 3.8) is 0 Å². The number of carboxylic acids is 1. The number of methoxy groups -OCH3 is 1. The van der Waals surface area contributed by atoms with Crippen LogP contribution in [-0.4, -0.2) is 52.5 Å². The number of thiazole rings is 1. The van der Waals surface area contributed by atoms with Gasteiger partial charge in [-0.15, -0.1) is 0 Å². The van der Waals surface area contributed by atoms with Crippen LogP contribution in [0.4, 0.5) is 5.13 Å². The van der Waals surface area contributed by atoms with Crippen LogP contribution >= 0.6 is 34.5 Å². The Morgan fingerprint density at radius 3 is 2.44 bits per heavy atom. The van der Waals surface area contributed by atoms with Crippen molar-refractivity contribution in [3.8, 4) is 17.0 Å². The summed E-state index contributed by atoms with van der Waals surface area (Å²) in [6, 6.07) is 8.74. The van der Waals surface area contributed by atoms with Gasteiger partial charge in [-0.25, -0.2) is 14.6 Å². The molecule has 1 N–H and O–H groups in total. The number of aromatic nitrogens is 2. The van der Waals surface area contributed by atoms with E-state index in [-0.39, 0.29) is 35.4 Å². The van der Waals surface area contributed by atoms with Crippen LogP contribution in [-0.2, 0) is 4.74 Å². The molecule has 41 heavy (non-hydrogen) atoms. The van der Waals surface area contributed by atoms with Gasteiger partial charge in [0.05, 0.1) is 27.4 Å². The van der Waals surface area contributed by atoms with Crippen LogP contribution in [0.3, 0.4) is 0 Å². The first-order valence-electron chi connectivity index (χ1n) is 13.5. The van der Waals surface area contributed by atoms with Gasteiger partial charge in [0.15, 0.2) is 10.9 Å². The maximum Gasteiger partial charge on any atom is 0.344 e. The molecule has 2 saturated heterocycles. The second-order valence-electron chi connectivity index (χ2n) is 10.8. The Morgan fingerprint density at radius 2 is 1.80 bits per heavy atom. The summed E-state index contributed by atoms with van der Waals surface area (Å²) in [6.45, 7) is 0. The summed E-state index contributed by atoms with van der Waals surface area (Å²) < 4.78 is 17.9. The van der Waals surface area contributed by atoms with E-state index in [0.717, 1.165) is 35.5 Å². The van der Waals surface area contributed by atoms with Crippen molar-refractivity contribution in [2.45, 2.75) is 62.6 Å². The van der Waals surface area contributed by atoms with E-state index >= 15 is 0 Å². The van der Waals surface area contributed by atoms with E-state index in [9.17, 15) is 14.7 Å². The zero-order valence-electron chi connectivity index (χ0n) is 21.9. The number of aromatic carboxylic acids is 1. The summed E-state index contributed by atoms with van der Waals surface area (Å²) in [5, 5.41) is 15.4. The van der Waals surface area contributed by atoms with Crippen molar-refractivity contribution in [1.82, 2.24) is 10.1 Å². The lowest BCUT2D eigenvalue weighted by Crippen LogP contribution is -2.46. The molecular formula is C29H25Cl2N3O6S. The number of carbonyl (C=O) groups is 2. The van der Waals surface area contributed by atoms with Crippen LogP contribution in [0.25, 0.3) is 21.5 Å². The smallest absolute Gasteiger partial charge is 0.344 e. The van der Waals surface area contributed by atoms with Crippen LogP contribution in [0.2, 0.25) is 10.0 Å². The number of nitrogens with zero attached hydrogens (tertiary/aromatic N) is 3. The number of halogens is 2. The molecule has 0 radical (unpaired) electrons. The number of carbonyl (C=O) groups excluding carboxylic acids is 1. The third-order valence-electron chi connectivity index (χ3n) is 8.18. The summed E-state index contributed by atoms with van der Waals surface area (Å²) in [5.41, 5.74) is 1.91. The van der Waals surface area contributed by atoms with E-state index in [1.165, 1.54) is 18.4 Å². The van der Waals surface area contributed by atoms with Crippen LogP contribution in [0.1, 0.15) is 70.9 Å². The van der Waals surface area contributed by atoms with Crippen LogP contribution in [0, 0.1) is 0 Å². The number of piperidine rings is 1. The van der Waals surface area contributed by atoms with E-state index in [1.54, 1.807) is 30.3 Å². The number of carboxylic acid groups (broad SMARTS) is 1. The Morgan fingerprint density at radius 1 is 1.10 bits per heavy atom. The maximum absolute atomic E-state index is 13.7. The Kier molecular flexibility index (Phi) is 6.59. The molecule has 3 fully saturated rings. The molecule has 2 aromatic heterocycles. The molecule has 212 valence electrons. The number of benzene rings is 2. The first-order valence-corrected chi connectivity index (χ1v) is 15.0. The molecular weight excluding hydrogens is 589 g/mol. The lowest BCUT2D eigenvalue weighted by atomic mass is 9.99. The van der Waals surface area contributed by atoms with Crippen LogP contribution < -0.4 is 9.64 Å². The highest BCUT2D eigenvalue weighted by Crippen LogP contribution is 2.47. The minimum Gasteiger partial charge on any atom is -0.496 e. The summed E-state index contributed by atoms with van der Waals surface area (Å²) >= 11 is 14.4. The molecule has 2 aliphatic heterocycles. The van der Waals surface area contributed by atoms with Gasteiger partial charge in [-0.2, -0.15) is 0 Å². The molecule has 3 aliphatic rings. The SMILES string of the molecule is COc1cc2nc(N3C4CCC3CC(OC(=O)c3c(-c5c(Cl)cccc5Cl)noc3C3CC3)C4)sc2cc1C(=O)O. The van der Waals surface area contributed by atoms with Crippen molar-refractivity contribution >= 4 is 61.8 Å². The van der Waals surface area contributed by atoms with Gasteiger partial charge in [0.25, 0.3) is 0 Å². The van der Waals surface area contributed by atoms with Gasteiger partial charge in [-0.3, -0.25) is 0 Å². The highest BCUT2D eigenvalue weighted by molar-refractivity contribution is 7.22. The molecule has 7 rings (SSSR count). The molecule has 12 heteroatoms. The highest BCUT2D eigenvalue weighted by atomic mass is 35.5. The van der Waals surface area contributed by atoms with E-state index in [4.69, 9.17) is 42.2 Å². The van der Waals surface area contributed by atoms with Crippen molar-refractivity contribution in [3.05, 3.63) is 57.3 Å². The van der Waals surface area contributed by atoms with Crippen molar-refractivity contribution in [1.29, 1.82) is 0 Å². The molecule has 1 aliphatic carbocycles. The Balaban J connectivity index is 1.14. The van der Waals surface area contributed by atoms with Crippen molar-refractivity contribution in [2.24, 2.45) is 0 Å². The molecule has 1 saturated carbocycles. The quantitative estimate of drug-likeness (QED) is 0.216. The normalized spacial score (nSPS) is 21.8. The molecule has 4 heterocycles. The van der Waals surface area contributed by atoms with Crippen molar-refractivity contribution < 1.29 is 28.7 Å². The number of hydrogen-bond donors (Lipinski definition) is 1. The minimum atomic E-state index is -1.04. The molecule has 4 aromatic rings. The Hall–Kier alpha value is -3.34. The van der Waals surface area contributed by atoms with Gasteiger partial charge < -0.3 is 24.0 Å². The summed E-state index contributed by atoms with van der Waals surface area (Å²) in [6.07, 6.45) is 4.81. The second kappa shape index (κ2) is 10.2. The van der Waals surface area contributed by atoms with E-state index in [1.807, 2.05) is 0 Å². The molecule has 2 atom stereocenters. The van der Waals surface area contributed by atoms with Gasteiger partial charge in [0, 0.05) is 42.5 Å². The van der Waals surface area contributed by atoms with Gasteiger partial charge in [0.2, 0.25) is 0 Å². The number of ether oxygens (including phenoxy) is 2. The number of anilines is 1. The van der Waals surface area contributed by atoms with Gasteiger partial charge in [0.1, 0.15) is 28.7 Å². The topological polar surface area (TPSA) is 115 Å². The lowest BCUT2D eigenvalue weighted by molar-refractivity contribution is 0.0202. The third-order valence-corrected chi connectivity index (χ3v) is 9.85. The Labute approximate surface area is 248 Å². The standard InChI is InChI=1S/C29H25Cl2N3O6S/c1-38-21-12-20-22(11-17(21)27(35)36)41-29(32-20)34-14-7-8-15(34)10-16(9-14)39-28(37)24-25(33-40-26(24)13-5-6-13)23-18(30)3-2-4-19(23)31/h2-4,11-16H,5-10H2,1H3,(H,35,36). The van der Waals surface area contributed by atoms with E-state index in [2.05, 4.69) is 10.1 Å². The fraction of sp³-hybridized carbons (Fsp3) is 0.379. The fourth-order valence-corrected chi connectivity index (χ4v) is 7.86. The maximum atomic E-state index is 13.7. The second-order valence-corrected chi connectivity index (χ2v) is 12.6. The predicted octanol–water partition coefficient (Wildman–Crippen LogP) is 7.20. The largest absolute Gasteiger partial charge is 0.496 e. The first-order chi connectivity index (χ1) is 19.8. The average Bonchev–Trinajstić information content (AvgIpc) is 3.46. The predicted molar refractivity (Wildman–Crippen MR) is 155 cm³/mol. The minimum absolute atomic E-state index is 0.112. The molecule has 2 unspecified atom stereocenters. The zero-order chi connectivity index (χ0) is 28.4. The summed E-state index contributed by atoms with van der Waals surface area (Å²) in [4.78, 5) is 32.5. The van der Waals surface area contributed by atoms with Gasteiger partial charge in [-0.1, -0.05) is 45.8 Å². The first kappa shape index (κ1) is 26.6. The number of fused-ring (bicyclic) bond motifs is 3. The lowest BCUT2D eigenvalue weighted by Gasteiger charge is -2.38. The van der Waals surface area contributed by atoms with Crippen LogP contribution in [0.5, 0.6) is 5.75 Å². The number of rotatable bonds is 7. The zero-order valence-corrected chi connectivity index (χ0v) is 24.3. The molecule has 9 nitrogen and oxygen atoms in total. The molecule has 0 amide bonds. The number of esters is 1. The molecule has 2 aromatic carbocycles. The summed E-state index contributed by atoms with van der Waals surface area (Å²) in [5.74, 6) is -0.555. The number of hydrogen-bond acceptors (Lipinski definition) is 9. The average molecular weight is 615 g/mol. The van der Waals surface area contributed by atoms with Gasteiger partial charge >= 0.3 is 11.9 Å². The highest BCUT2D eigenvalue weighted by Gasteiger charge is 2.45. The van der Waals surface area contributed by atoms with Crippen LogP contribution in [0.15, 0.2) is 34.9 Å². The monoisotopic (exact) mass is 613 g/mol. The Bertz CT molecular complexity index is 1660. The van der Waals surface area contributed by atoms with Crippen molar-refractivity contribution in [2.75, 3.05) is 12.0 Å².